The fourth-order valence-corrected chi connectivity index (χ4v) is 5.64. The van der Waals surface area contributed by atoms with Gasteiger partial charge in [-0.2, -0.15) is 0 Å². The zero-order valence-electron chi connectivity index (χ0n) is 21.8. The summed E-state index contributed by atoms with van der Waals surface area (Å²) in [6.07, 6.45) is 5.41. The summed E-state index contributed by atoms with van der Waals surface area (Å²) >= 11 is 0. The number of nitrogens with zero attached hydrogens (tertiary/aromatic N) is 3. The van der Waals surface area contributed by atoms with Gasteiger partial charge in [0.05, 0.1) is 36.5 Å². The van der Waals surface area contributed by atoms with Gasteiger partial charge in [-0.15, -0.1) is 0 Å². The topological polar surface area (TPSA) is 75.0 Å². The van der Waals surface area contributed by atoms with Crippen molar-refractivity contribution in [1.29, 1.82) is 0 Å². The average molecular weight is 542 g/mol. The normalized spacial score (nSPS) is 14.0. The van der Waals surface area contributed by atoms with Gasteiger partial charge < -0.3 is 4.52 Å². The second kappa shape index (κ2) is 10.6. The summed E-state index contributed by atoms with van der Waals surface area (Å²) in [4.78, 5) is 9.34. The first-order valence-electron chi connectivity index (χ1n) is 12.8. The van der Waals surface area contributed by atoms with Crippen LogP contribution in [0.2, 0.25) is 0 Å². The standard InChI is InChI=1S/C28H30F2N3O4P/c1-5-35-38(34,36-6-2)37-20-10-11-21(24(30)14-20)28-27(18-7-8-18)32-26-15-31-25(16-33(26)28)19-9-12-23(29)22(13-19)17(3)4/h9-18H,5-8H2,1-4H3. The van der Waals surface area contributed by atoms with Gasteiger partial charge in [-0.25, -0.2) is 18.3 Å². The highest BCUT2D eigenvalue weighted by Crippen LogP contribution is 2.50. The van der Waals surface area contributed by atoms with Crippen LogP contribution in [0.5, 0.6) is 5.75 Å². The average Bonchev–Trinajstić information content (AvgIpc) is 3.65. The van der Waals surface area contributed by atoms with E-state index in [1.807, 2.05) is 24.4 Å². The zero-order valence-corrected chi connectivity index (χ0v) is 22.7. The van der Waals surface area contributed by atoms with Crippen molar-refractivity contribution in [3.05, 3.63) is 71.7 Å². The summed E-state index contributed by atoms with van der Waals surface area (Å²) in [5, 5.41) is 0. The van der Waals surface area contributed by atoms with Crippen molar-refractivity contribution in [3.63, 3.8) is 0 Å². The fourth-order valence-electron chi connectivity index (χ4n) is 4.46. The Hall–Kier alpha value is -3.13. The maximum Gasteiger partial charge on any atom is 0.530 e. The van der Waals surface area contributed by atoms with Crippen LogP contribution in [0, 0.1) is 11.6 Å². The van der Waals surface area contributed by atoms with E-state index < -0.39 is 13.6 Å². The van der Waals surface area contributed by atoms with E-state index >= 15 is 4.39 Å². The van der Waals surface area contributed by atoms with E-state index in [0.717, 1.165) is 24.1 Å². The largest absolute Gasteiger partial charge is 0.530 e. The molecule has 1 aliphatic carbocycles. The van der Waals surface area contributed by atoms with Gasteiger partial charge in [-0.1, -0.05) is 13.8 Å². The van der Waals surface area contributed by atoms with Gasteiger partial charge in [-0.3, -0.25) is 18.4 Å². The van der Waals surface area contributed by atoms with Crippen molar-refractivity contribution >= 4 is 13.5 Å². The number of imidazole rings is 1. The van der Waals surface area contributed by atoms with Crippen LogP contribution in [0.15, 0.2) is 48.8 Å². The third kappa shape index (κ3) is 5.23. The summed E-state index contributed by atoms with van der Waals surface area (Å²) in [7, 11) is -3.87. The molecular weight excluding hydrogens is 511 g/mol. The minimum absolute atomic E-state index is 0.0135. The molecule has 0 amide bonds. The van der Waals surface area contributed by atoms with Gasteiger partial charge in [-0.05, 0) is 68.5 Å². The van der Waals surface area contributed by atoms with E-state index in [1.165, 1.54) is 18.2 Å². The van der Waals surface area contributed by atoms with Crippen LogP contribution in [-0.2, 0) is 13.6 Å². The number of halogens is 2. The maximum atomic E-state index is 15.6. The van der Waals surface area contributed by atoms with Gasteiger partial charge in [0.1, 0.15) is 17.4 Å². The number of rotatable bonds is 10. The second-order valence-electron chi connectivity index (χ2n) is 9.53. The Labute approximate surface area is 220 Å². The molecule has 5 rings (SSSR count). The van der Waals surface area contributed by atoms with E-state index in [-0.39, 0.29) is 36.6 Å². The van der Waals surface area contributed by atoms with Crippen LogP contribution in [0.4, 0.5) is 8.78 Å². The summed E-state index contributed by atoms with van der Waals surface area (Å²) < 4.78 is 60.3. The summed E-state index contributed by atoms with van der Waals surface area (Å²) in [5.41, 5.74) is 4.33. The Balaban J connectivity index is 1.58. The lowest BCUT2D eigenvalue weighted by Crippen LogP contribution is -2.03. The molecule has 38 heavy (non-hydrogen) atoms. The van der Waals surface area contributed by atoms with E-state index in [0.29, 0.717) is 28.2 Å². The Morgan fingerprint density at radius 1 is 1.05 bits per heavy atom. The van der Waals surface area contributed by atoms with Crippen LogP contribution < -0.4 is 4.52 Å². The fraction of sp³-hybridized carbons (Fsp3) is 0.357. The molecule has 0 radical (unpaired) electrons. The predicted molar refractivity (Wildman–Crippen MR) is 141 cm³/mol. The van der Waals surface area contributed by atoms with Crippen molar-refractivity contribution in [3.8, 4) is 28.3 Å². The van der Waals surface area contributed by atoms with Gasteiger partial charge in [0.2, 0.25) is 0 Å². The van der Waals surface area contributed by atoms with Crippen molar-refractivity contribution in [2.45, 2.75) is 52.4 Å². The number of phosphoric acid groups is 1. The van der Waals surface area contributed by atoms with Crippen molar-refractivity contribution in [2.75, 3.05) is 13.2 Å². The number of hydrogen-bond acceptors (Lipinski definition) is 6. The quantitative estimate of drug-likeness (QED) is 0.190. The molecule has 0 unspecified atom stereocenters. The zero-order chi connectivity index (χ0) is 27.0. The second-order valence-corrected chi connectivity index (χ2v) is 11.1. The summed E-state index contributed by atoms with van der Waals surface area (Å²) in [6.45, 7) is 7.45. The molecule has 2 heterocycles. The molecule has 2 aromatic heterocycles. The van der Waals surface area contributed by atoms with Crippen molar-refractivity contribution < 1.29 is 26.9 Å². The number of fused-ring (bicyclic) bond motifs is 1. The molecule has 1 aliphatic rings. The molecule has 4 aromatic rings. The predicted octanol–water partition coefficient (Wildman–Crippen LogP) is 7.90. The molecule has 2 aromatic carbocycles. The van der Waals surface area contributed by atoms with Crippen LogP contribution in [0.25, 0.3) is 28.2 Å². The highest BCUT2D eigenvalue weighted by molar-refractivity contribution is 7.48. The Morgan fingerprint density at radius 3 is 2.42 bits per heavy atom. The third-order valence-electron chi connectivity index (χ3n) is 6.40. The number of hydrogen-bond donors (Lipinski definition) is 0. The van der Waals surface area contributed by atoms with Gasteiger partial charge >= 0.3 is 7.82 Å². The Morgan fingerprint density at radius 2 is 1.79 bits per heavy atom. The molecule has 1 fully saturated rings. The maximum absolute atomic E-state index is 15.6. The molecule has 0 saturated heterocycles. The van der Waals surface area contributed by atoms with Gasteiger partial charge in [0.15, 0.2) is 5.65 Å². The number of phosphoric ester groups is 1. The van der Waals surface area contributed by atoms with Gasteiger partial charge in [0.25, 0.3) is 0 Å². The lowest BCUT2D eigenvalue weighted by atomic mass is 9.99. The first kappa shape index (κ1) is 26.5. The molecule has 7 nitrogen and oxygen atoms in total. The highest BCUT2D eigenvalue weighted by atomic mass is 31.2. The first-order chi connectivity index (χ1) is 18.2. The Bertz CT molecular complexity index is 1520. The molecule has 200 valence electrons. The van der Waals surface area contributed by atoms with Crippen molar-refractivity contribution in [2.24, 2.45) is 0 Å². The molecule has 0 aliphatic heterocycles. The van der Waals surface area contributed by atoms with E-state index in [9.17, 15) is 8.96 Å². The van der Waals surface area contributed by atoms with E-state index in [1.54, 1.807) is 38.2 Å². The van der Waals surface area contributed by atoms with Crippen LogP contribution >= 0.6 is 7.82 Å². The van der Waals surface area contributed by atoms with Crippen LogP contribution in [0.3, 0.4) is 0 Å². The first-order valence-corrected chi connectivity index (χ1v) is 14.3. The van der Waals surface area contributed by atoms with Crippen molar-refractivity contribution in [1.82, 2.24) is 14.4 Å². The monoisotopic (exact) mass is 541 g/mol. The van der Waals surface area contributed by atoms with E-state index in [4.69, 9.17) is 18.6 Å². The molecule has 0 spiro atoms. The summed E-state index contributed by atoms with van der Waals surface area (Å²) in [6, 6.07) is 9.23. The third-order valence-corrected chi connectivity index (χ3v) is 7.98. The molecular formula is C28H30F2N3O4P. The minimum atomic E-state index is -3.87. The van der Waals surface area contributed by atoms with Crippen LogP contribution in [0.1, 0.15) is 63.6 Å². The number of benzene rings is 2. The highest BCUT2D eigenvalue weighted by Gasteiger charge is 2.32. The molecule has 10 heteroatoms. The number of aromatic nitrogens is 3. The molecule has 0 atom stereocenters. The Kier molecular flexibility index (Phi) is 7.36. The van der Waals surface area contributed by atoms with E-state index in [2.05, 4.69) is 4.98 Å². The lowest BCUT2D eigenvalue weighted by molar-refractivity contribution is 0.167. The van der Waals surface area contributed by atoms with Gasteiger partial charge in [0, 0.05) is 29.3 Å². The SMILES string of the molecule is CCOP(=O)(OCC)Oc1ccc(-c2c(C3CC3)nc3cnc(-c4ccc(F)c(C(C)C)c4)cn23)c(F)c1. The molecule has 1 saturated carbocycles. The lowest BCUT2D eigenvalue weighted by Gasteiger charge is -2.17. The molecule has 0 bridgehead atoms. The summed E-state index contributed by atoms with van der Waals surface area (Å²) in [5.74, 6) is -0.536. The smallest absolute Gasteiger partial charge is 0.404 e. The molecule has 0 N–H and O–H groups in total. The van der Waals surface area contributed by atoms with Crippen LogP contribution in [-0.4, -0.2) is 27.6 Å². The minimum Gasteiger partial charge on any atom is -0.404 e.